The van der Waals surface area contributed by atoms with E-state index < -0.39 is 11.7 Å². The van der Waals surface area contributed by atoms with Gasteiger partial charge in [-0.1, -0.05) is 17.3 Å². The molecule has 28 heavy (non-hydrogen) atoms. The van der Waals surface area contributed by atoms with Gasteiger partial charge in [0.2, 0.25) is 0 Å². The lowest BCUT2D eigenvalue weighted by Crippen LogP contribution is -2.45. The lowest BCUT2D eigenvalue weighted by molar-refractivity contribution is -0.0947. The van der Waals surface area contributed by atoms with Gasteiger partial charge in [-0.15, -0.1) is 0 Å². The third kappa shape index (κ3) is 3.19. The molecule has 0 aliphatic heterocycles. The molecular formula is C21H23NO6. The molecule has 2 unspecified atom stereocenters. The molecular weight excluding hydrogens is 362 g/mol. The number of allylic oxidation sites excluding steroid dienone is 2. The number of nitrogens with zero attached hydrogens (tertiary/aromatic N) is 1. The van der Waals surface area contributed by atoms with E-state index in [-0.39, 0.29) is 0 Å². The summed E-state index contributed by atoms with van der Waals surface area (Å²) in [6, 6.07) is 9.36. The van der Waals surface area contributed by atoms with Crippen LogP contribution in [0.25, 0.3) is 11.3 Å². The summed E-state index contributed by atoms with van der Waals surface area (Å²) in [7, 11) is 6.29. The van der Waals surface area contributed by atoms with Gasteiger partial charge in [0.15, 0.2) is 6.10 Å². The molecule has 2 aromatic rings. The molecule has 0 spiro atoms. The second-order valence-electron chi connectivity index (χ2n) is 6.12. The fourth-order valence-electron chi connectivity index (χ4n) is 3.60. The summed E-state index contributed by atoms with van der Waals surface area (Å²) in [5, 5.41) is 12.2. The molecule has 0 saturated heterocycles. The van der Waals surface area contributed by atoms with Crippen LogP contribution in [0.5, 0.6) is 5.75 Å². The summed E-state index contributed by atoms with van der Waals surface area (Å²) in [5.74, 6) is 1.76. The topological polar surface area (TPSA) is 82.7 Å². The first-order valence-electron chi connectivity index (χ1n) is 8.60. The Morgan fingerprint density at radius 3 is 2.50 bits per heavy atom. The van der Waals surface area contributed by atoms with Crippen LogP contribution >= 0.6 is 0 Å². The maximum Gasteiger partial charge on any atom is 0.151 e. The zero-order valence-corrected chi connectivity index (χ0v) is 16.2. The van der Waals surface area contributed by atoms with Gasteiger partial charge in [0.1, 0.15) is 22.9 Å². The van der Waals surface area contributed by atoms with Crippen LogP contribution in [0.2, 0.25) is 0 Å². The molecule has 1 aliphatic carbocycles. The van der Waals surface area contributed by atoms with Gasteiger partial charge in [-0.2, -0.15) is 0 Å². The fourth-order valence-corrected chi connectivity index (χ4v) is 3.60. The maximum absolute atomic E-state index is 9.03. The van der Waals surface area contributed by atoms with Crippen molar-refractivity contribution in [3.63, 3.8) is 0 Å². The predicted molar refractivity (Wildman–Crippen MR) is 104 cm³/mol. The Labute approximate surface area is 163 Å². The second-order valence-corrected chi connectivity index (χ2v) is 6.12. The average Bonchev–Trinajstić information content (AvgIpc) is 3.27. The monoisotopic (exact) mass is 385 g/mol. The van der Waals surface area contributed by atoms with E-state index in [4.69, 9.17) is 28.6 Å². The van der Waals surface area contributed by atoms with Crippen LogP contribution < -0.4 is 4.74 Å². The van der Waals surface area contributed by atoms with E-state index in [1.807, 2.05) is 36.4 Å². The van der Waals surface area contributed by atoms with Gasteiger partial charge in [0.05, 0.1) is 32.3 Å². The van der Waals surface area contributed by atoms with Crippen molar-refractivity contribution in [2.75, 3.05) is 28.4 Å². The van der Waals surface area contributed by atoms with Crippen LogP contribution in [0.15, 0.2) is 69.7 Å². The third-order valence-electron chi connectivity index (χ3n) is 4.78. The molecule has 1 aromatic heterocycles. The minimum absolute atomic E-state index is 0.521. The largest absolute Gasteiger partial charge is 0.498 e. The first-order chi connectivity index (χ1) is 13.6. The van der Waals surface area contributed by atoms with Crippen molar-refractivity contribution in [1.29, 1.82) is 0 Å². The average molecular weight is 385 g/mol. The van der Waals surface area contributed by atoms with Crippen LogP contribution in [0.4, 0.5) is 0 Å². The number of oxime groups is 1. The van der Waals surface area contributed by atoms with Crippen molar-refractivity contribution in [1.82, 2.24) is 0 Å². The highest BCUT2D eigenvalue weighted by molar-refractivity contribution is 5.83. The van der Waals surface area contributed by atoms with Crippen molar-refractivity contribution >= 4 is 6.21 Å². The summed E-state index contributed by atoms with van der Waals surface area (Å²) in [5.41, 5.74) is 0.986. The summed E-state index contributed by atoms with van der Waals surface area (Å²) in [6.07, 6.45) is 5.86. The molecule has 7 heteroatoms. The minimum Gasteiger partial charge on any atom is -0.498 e. The Morgan fingerprint density at radius 1 is 1.11 bits per heavy atom. The van der Waals surface area contributed by atoms with Gasteiger partial charge in [-0.05, 0) is 35.9 Å². The molecule has 1 heterocycles. The Kier molecular flexibility index (Phi) is 5.87. The molecule has 0 bridgehead atoms. The minimum atomic E-state index is -1.10. The van der Waals surface area contributed by atoms with Gasteiger partial charge in [0, 0.05) is 19.8 Å². The Balaban J connectivity index is 2.29. The van der Waals surface area contributed by atoms with Crippen LogP contribution in [-0.2, 0) is 19.8 Å². The van der Waals surface area contributed by atoms with Gasteiger partial charge >= 0.3 is 0 Å². The Bertz CT molecular complexity index is 900. The number of rotatable bonds is 7. The van der Waals surface area contributed by atoms with E-state index in [1.54, 1.807) is 40.8 Å². The zero-order chi connectivity index (χ0) is 20.1. The summed E-state index contributed by atoms with van der Waals surface area (Å²) >= 11 is 0. The molecule has 3 rings (SSSR count). The van der Waals surface area contributed by atoms with E-state index in [2.05, 4.69) is 5.16 Å². The second kappa shape index (κ2) is 8.33. The summed E-state index contributed by atoms with van der Waals surface area (Å²) in [6.45, 7) is 0. The lowest BCUT2D eigenvalue weighted by Gasteiger charge is -2.40. The van der Waals surface area contributed by atoms with E-state index in [0.717, 1.165) is 5.56 Å². The summed E-state index contributed by atoms with van der Waals surface area (Å²) < 4.78 is 28.7. The van der Waals surface area contributed by atoms with Crippen molar-refractivity contribution in [3.8, 4) is 17.1 Å². The number of hydrogen-bond donors (Lipinski definition) is 1. The molecule has 7 nitrogen and oxygen atoms in total. The Morgan fingerprint density at radius 2 is 1.93 bits per heavy atom. The van der Waals surface area contributed by atoms with Gasteiger partial charge in [0.25, 0.3) is 0 Å². The highest BCUT2D eigenvalue weighted by Crippen LogP contribution is 2.46. The third-order valence-corrected chi connectivity index (χ3v) is 4.78. The first kappa shape index (κ1) is 19.7. The number of furan rings is 1. The van der Waals surface area contributed by atoms with Crippen LogP contribution in [0.3, 0.4) is 0 Å². The quantitative estimate of drug-likeness (QED) is 0.444. The zero-order valence-electron chi connectivity index (χ0n) is 16.2. The van der Waals surface area contributed by atoms with Crippen molar-refractivity contribution in [2.24, 2.45) is 5.16 Å². The van der Waals surface area contributed by atoms with Crippen molar-refractivity contribution in [2.45, 2.75) is 11.7 Å². The molecule has 1 aromatic carbocycles. The van der Waals surface area contributed by atoms with E-state index in [9.17, 15) is 0 Å². The van der Waals surface area contributed by atoms with E-state index in [0.29, 0.717) is 28.4 Å². The SMILES string of the molecule is COC1=CC(C=NO)=CC(OC)(c2cccc(-c3ccco3)c2OC)C1OC. The highest BCUT2D eigenvalue weighted by atomic mass is 16.6. The number of benzene rings is 1. The maximum atomic E-state index is 9.03. The van der Waals surface area contributed by atoms with Crippen LogP contribution in [-0.4, -0.2) is 46.0 Å². The first-order valence-corrected chi connectivity index (χ1v) is 8.60. The molecule has 0 fully saturated rings. The molecule has 148 valence electrons. The Hall–Kier alpha value is -3.03. The number of hydrogen-bond acceptors (Lipinski definition) is 7. The van der Waals surface area contributed by atoms with E-state index in [1.165, 1.54) is 6.21 Å². The van der Waals surface area contributed by atoms with E-state index >= 15 is 0 Å². The van der Waals surface area contributed by atoms with Crippen LogP contribution in [0.1, 0.15) is 5.56 Å². The standard InChI is InChI=1S/C21H23NO6/c1-24-18-11-14(13-22-23)12-21(27-4,20(18)26-3)16-8-5-7-15(19(16)25-2)17-9-6-10-28-17/h5-13,20,23H,1-4H3. The smallest absolute Gasteiger partial charge is 0.151 e. The van der Waals surface area contributed by atoms with Gasteiger partial charge < -0.3 is 28.6 Å². The molecule has 1 aliphatic rings. The molecule has 2 atom stereocenters. The molecule has 0 saturated carbocycles. The van der Waals surface area contributed by atoms with Crippen molar-refractivity contribution < 1.29 is 28.6 Å². The predicted octanol–water partition coefficient (Wildman–Crippen LogP) is 3.74. The van der Waals surface area contributed by atoms with Crippen molar-refractivity contribution in [3.05, 3.63) is 65.6 Å². The number of methoxy groups -OCH3 is 4. The van der Waals surface area contributed by atoms with Gasteiger partial charge in [-0.3, -0.25) is 0 Å². The highest BCUT2D eigenvalue weighted by Gasteiger charge is 2.47. The molecule has 0 amide bonds. The normalized spacial score (nSPS) is 22.1. The molecule has 0 radical (unpaired) electrons. The lowest BCUT2D eigenvalue weighted by atomic mass is 9.80. The number of para-hydroxylation sites is 1. The van der Waals surface area contributed by atoms with Gasteiger partial charge in [-0.25, -0.2) is 0 Å². The molecule has 1 N–H and O–H groups in total. The fraction of sp³-hybridized carbons (Fsp3) is 0.286. The summed E-state index contributed by atoms with van der Waals surface area (Å²) in [4.78, 5) is 0. The van der Waals surface area contributed by atoms with Crippen LogP contribution in [0, 0.1) is 0 Å². The number of ether oxygens (including phenoxy) is 4.